The van der Waals surface area contributed by atoms with Crippen LogP contribution in [0.25, 0.3) is 0 Å². The van der Waals surface area contributed by atoms with Gasteiger partial charge >= 0.3 is 0 Å². The largest absolute Gasteiger partial charge is 0.495 e. The maximum Gasteiger partial charge on any atom is 0.172 e. The average molecular weight is 323 g/mol. The van der Waals surface area contributed by atoms with Crippen LogP contribution in [0.4, 0.5) is 0 Å². The lowest BCUT2D eigenvalue weighted by Crippen LogP contribution is -2.08. The first-order chi connectivity index (χ1) is 8.83. The van der Waals surface area contributed by atoms with Crippen molar-refractivity contribution in [3.8, 4) is 5.75 Å². The molecule has 0 unspecified atom stereocenters. The molecular weight excluding hydrogens is 308 g/mol. The molecule has 7 heteroatoms. The molecule has 0 saturated heterocycles. The van der Waals surface area contributed by atoms with Crippen molar-refractivity contribution in [1.29, 1.82) is 0 Å². The molecule has 1 aromatic rings. The number of thioether (sulfide) groups is 1. The Kier molecular flexibility index (Phi) is 6.16. The molecule has 0 aliphatic rings. The zero-order valence-corrected chi connectivity index (χ0v) is 13.1. The minimum Gasteiger partial charge on any atom is -0.495 e. The van der Waals surface area contributed by atoms with Gasteiger partial charge in [-0.2, -0.15) is 11.8 Å². The van der Waals surface area contributed by atoms with E-state index in [0.717, 1.165) is 0 Å². The third-order valence-corrected chi connectivity index (χ3v) is 4.76. The highest BCUT2D eigenvalue weighted by molar-refractivity contribution is 8.01. The summed E-state index contributed by atoms with van der Waals surface area (Å²) in [5, 5.41) is 0.384. The number of Topliss-reactive ketones (excluding diaryl/α,β-unsaturated/α-hetero) is 1. The first-order valence-corrected chi connectivity index (χ1v) is 9.05. The third-order valence-electron chi connectivity index (χ3n) is 2.31. The van der Waals surface area contributed by atoms with Crippen LogP contribution in [0.2, 0.25) is 5.02 Å². The SMILES string of the molecule is COc1ccc(C(=O)CSCCS(C)(=O)=O)cc1Cl. The normalized spacial score (nSPS) is 11.3. The van der Waals surface area contributed by atoms with E-state index in [9.17, 15) is 13.2 Å². The van der Waals surface area contributed by atoms with Gasteiger partial charge in [0.1, 0.15) is 15.6 Å². The highest BCUT2D eigenvalue weighted by Gasteiger charge is 2.10. The molecule has 0 N–H and O–H groups in total. The van der Waals surface area contributed by atoms with Gasteiger partial charge in [-0.3, -0.25) is 4.79 Å². The van der Waals surface area contributed by atoms with Crippen molar-refractivity contribution in [3.63, 3.8) is 0 Å². The van der Waals surface area contributed by atoms with Crippen molar-refractivity contribution in [2.24, 2.45) is 0 Å². The summed E-state index contributed by atoms with van der Waals surface area (Å²) in [5.74, 6) is 1.16. The van der Waals surface area contributed by atoms with Crippen LogP contribution in [0.1, 0.15) is 10.4 Å². The standard InChI is InChI=1S/C12H15ClO4S2/c1-17-12-4-3-9(7-10(12)13)11(14)8-18-5-6-19(2,15)16/h3-4,7H,5-6,8H2,1-2H3. The molecule has 0 amide bonds. The lowest BCUT2D eigenvalue weighted by atomic mass is 10.1. The molecule has 4 nitrogen and oxygen atoms in total. The number of ether oxygens (including phenoxy) is 1. The van der Waals surface area contributed by atoms with Gasteiger partial charge in [-0.15, -0.1) is 0 Å². The second kappa shape index (κ2) is 7.17. The summed E-state index contributed by atoms with van der Waals surface area (Å²) < 4.78 is 26.9. The van der Waals surface area contributed by atoms with Crippen molar-refractivity contribution in [2.75, 3.05) is 30.6 Å². The lowest BCUT2D eigenvalue weighted by Gasteiger charge is -2.05. The topological polar surface area (TPSA) is 60.4 Å². The number of halogens is 1. The minimum absolute atomic E-state index is 0.0777. The number of hydrogen-bond acceptors (Lipinski definition) is 5. The molecule has 0 fully saturated rings. The molecule has 0 radical (unpaired) electrons. The Balaban J connectivity index is 2.52. The van der Waals surface area contributed by atoms with Crippen LogP contribution >= 0.6 is 23.4 Å². The monoisotopic (exact) mass is 322 g/mol. The van der Waals surface area contributed by atoms with E-state index in [1.807, 2.05) is 0 Å². The van der Waals surface area contributed by atoms with Crippen LogP contribution in [0, 0.1) is 0 Å². The van der Waals surface area contributed by atoms with Crippen LogP contribution in [0.15, 0.2) is 18.2 Å². The van der Waals surface area contributed by atoms with Gasteiger partial charge in [0, 0.05) is 17.6 Å². The predicted octanol–water partition coefficient (Wildman–Crippen LogP) is 2.31. The predicted molar refractivity (Wildman–Crippen MR) is 79.4 cm³/mol. The molecule has 106 valence electrons. The number of ketones is 1. The number of benzene rings is 1. The van der Waals surface area contributed by atoms with E-state index in [1.54, 1.807) is 18.2 Å². The first kappa shape index (κ1) is 16.3. The van der Waals surface area contributed by atoms with E-state index < -0.39 is 9.84 Å². The van der Waals surface area contributed by atoms with Crippen LogP contribution in [-0.2, 0) is 9.84 Å². The zero-order chi connectivity index (χ0) is 14.5. The molecule has 0 aliphatic heterocycles. The number of sulfone groups is 1. The van der Waals surface area contributed by atoms with Crippen molar-refractivity contribution in [2.45, 2.75) is 0 Å². The fraction of sp³-hybridized carbons (Fsp3) is 0.417. The van der Waals surface area contributed by atoms with E-state index >= 15 is 0 Å². The fourth-order valence-corrected chi connectivity index (χ4v) is 3.73. The van der Waals surface area contributed by atoms with E-state index in [4.69, 9.17) is 16.3 Å². The molecule has 0 bridgehead atoms. The Morgan fingerprint density at radius 3 is 2.63 bits per heavy atom. The fourth-order valence-electron chi connectivity index (χ4n) is 1.30. The molecule has 0 aromatic heterocycles. The van der Waals surface area contributed by atoms with Crippen LogP contribution < -0.4 is 4.74 Å². The second-order valence-corrected chi connectivity index (χ2v) is 7.73. The van der Waals surface area contributed by atoms with Crippen LogP contribution in [0.5, 0.6) is 5.75 Å². The smallest absolute Gasteiger partial charge is 0.172 e. The zero-order valence-electron chi connectivity index (χ0n) is 10.7. The van der Waals surface area contributed by atoms with Crippen molar-refractivity contribution < 1.29 is 17.9 Å². The molecule has 0 spiro atoms. The maximum absolute atomic E-state index is 11.9. The Labute approximate surface area is 122 Å². The van der Waals surface area contributed by atoms with E-state index in [0.29, 0.717) is 22.1 Å². The highest BCUT2D eigenvalue weighted by atomic mass is 35.5. The van der Waals surface area contributed by atoms with Gasteiger partial charge in [0.15, 0.2) is 5.78 Å². The number of methoxy groups -OCH3 is 1. The minimum atomic E-state index is -2.97. The van der Waals surface area contributed by atoms with Crippen LogP contribution in [-0.4, -0.2) is 44.8 Å². The molecule has 19 heavy (non-hydrogen) atoms. The molecular formula is C12H15ClO4S2. The number of carbonyl (C=O) groups excluding carboxylic acids is 1. The van der Waals surface area contributed by atoms with Gasteiger partial charge in [-0.25, -0.2) is 8.42 Å². The molecule has 1 aromatic carbocycles. The van der Waals surface area contributed by atoms with Crippen molar-refractivity contribution >= 4 is 39.0 Å². The van der Waals surface area contributed by atoms with Gasteiger partial charge in [-0.05, 0) is 18.2 Å². The summed E-state index contributed by atoms with van der Waals surface area (Å²) in [4.78, 5) is 11.9. The summed E-state index contributed by atoms with van der Waals surface area (Å²) in [5.41, 5.74) is 0.498. The van der Waals surface area contributed by atoms with Crippen molar-refractivity contribution in [3.05, 3.63) is 28.8 Å². The Hall–Kier alpha value is -0.720. The van der Waals surface area contributed by atoms with E-state index in [2.05, 4.69) is 0 Å². The summed E-state index contributed by atoms with van der Waals surface area (Å²) in [6, 6.07) is 4.83. The Morgan fingerprint density at radius 1 is 1.42 bits per heavy atom. The summed E-state index contributed by atoms with van der Waals surface area (Å²) in [7, 11) is -1.47. The lowest BCUT2D eigenvalue weighted by molar-refractivity contribution is 0.102. The molecule has 0 aliphatic carbocycles. The molecule has 0 saturated carbocycles. The van der Waals surface area contributed by atoms with E-state index in [1.165, 1.54) is 25.1 Å². The second-order valence-electron chi connectivity index (χ2n) is 3.95. The van der Waals surface area contributed by atoms with Crippen molar-refractivity contribution in [1.82, 2.24) is 0 Å². The quantitative estimate of drug-likeness (QED) is 0.569. The Morgan fingerprint density at radius 2 is 2.11 bits per heavy atom. The summed E-state index contributed by atoms with van der Waals surface area (Å²) in [6.07, 6.45) is 1.18. The highest BCUT2D eigenvalue weighted by Crippen LogP contribution is 2.25. The summed E-state index contributed by atoms with van der Waals surface area (Å²) in [6.45, 7) is 0. The molecule has 1 rings (SSSR count). The number of rotatable bonds is 7. The average Bonchev–Trinajstić information content (AvgIpc) is 2.33. The number of carbonyl (C=O) groups is 1. The van der Waals surface area contributed by atoms with Gasteiger partial charge in [0.25, 0.3) is 0 Å². The summed E-state index contributed by atoms with van der Waals surface area (Å²) >= 11 is 7.23. The maximum atomic E-state index is 11.9. The first-order valence-electron chi connectivity index (χ1n) is 5.45. The third kappa shape index (κ3) is 5.84. The van der Waals surface area contributed by atoms with E-state index in [-0.39, 0.29) is 17.3 Å². The van der Waals surface area contributed by atoms with Gasteiger partial charge < -0.3 is 4.74 Å². The van der Waals surface area contributed by atoms with Crippen LogP contribution in [0.3, 0.4) is 0 Å². The van der Waals surface area contributed by atoms with Gasteiger partial charge in [0.05, 0.1) is 23.6 Å². The number of hydrogen-bond donors (Lipinski definition) is 0. The molecule has 0 heterocycles. The molecule has 0 atom stereocenters. The van der Waals surface area contributed by atoms with Gasteiger partial charge in [-0.1, -0.05) is 11.6 Å². The van der Waals surface area contributed by atoms with Gasteiger partial charge in [0.2, 0.25) is 0 Å². The Bertz CT molecular complexity index is 555.